The maximum Gasteiger partial charge on any atom is 0.308 e. The van der Waals surface area contributed by atoms with E-state index in [0.717, 1.165) is 29.4 Å². The van der Waals surface area contributed by atoms with Crippen LogP contribution >= 0.6 is 0 Å². The highest BCUT2D eigenvalue weighted by molar-refractivity contribution is 7.92. The van der Waals surface area contributed by atoms with E-state index in [4.69, 9.17) is 5.11 Å². The van der Waals surface area contributed by atoms with Crippen molar-refractivity contribution in [2.24, 2.45) is 5.92 Å². The fraction of sp³-hybridized carbons (Fsp3) is 0.385. The summed E-state index contributed by atoms with van der Waals surface area (Å²) in [5.74, 6) is -3.27. The molecule has 2 N–H and O–H groups in total. The molecular weight excluding hydrogens is 315 g/mol. The summed E-state index contributed by atoms with van der Waals surface area (Å²) < 4.78 is 38.1. The summed E-state index contributed by atoms with van der Waals surface area (Å²) in [7, 11) is -2.29. The number of hydrogen-bond donors (Lipinski definition) is 2. The van der Waals surface area contributed by atoms with Crippen molar-refractivity contribution in [3.63, 3.8) is 0 Å². The van der Waals surface area contributed by atoms with Crippen molar-refractivity contribution in [3.8, 4) is 0 Å². The van der Waals surface area contributed by atoms with Gasteiger partial charge in [-0.3, -0.25) is 14.3 Å². The molecule has 1 rings (SSSR count). The van der Waals surface area contributed by atoms with Crippen LogP contribution in [0.1, 0.15) is 17.3 Å². The minimum Gasteiger partial charge on any atom is -0.481 e. The van der Waals surface area contributed by atoms with Gasteiger partial charge < -0.3 is 10.0 Å². The molecule has 0 aliphatic heterocycles. The molecule has 0 heterocycles. The molecule has 1 aromatic carbocycles. The fourth-order valence-electron chi connectivity index (χ4n) is 1.76. The van der Waals surface area contributed by atoms with Crippen LogP contribution in [0.2, 0.25) is 0 Å². The van der Waals surface area contributed by atoms with Gasteiger partial charge in [0.2, 0.25) is 10.0 Å². The summed E-state index contributed by atoms with van der Waals surface area (Å²) in [4.78, 5) is 24.2. The first-order valence-corrected chi connectivity index (χ1v) is 8.16. The zero-order chi connectivity index (χ0) is 17.1. The number of sulfonamides is 1. The number of carboxylic acid groups (broad SMARTS) is 1. The zero-order valence-electron chi connectivity index (χ0n) is 12.3. The second-order valence-corrected chi connectivity index (χ2v) is 6.74. The first-order valence-electron chi connectivity index (χ1n) is 6.27. The second kappa shape index (κ2) is 6.73. The van der Waals surface area contributed by atoms with Gasteiger partial charge in [-0.05, 0) is 18.2 Å². The van der Waals surface area contributed by atoms with Crippen molar-refractivity contribution in [3.05, 3.63) is 29.6 Å². The lowest BCUT2D eigenvalue weighted by molar-refractivity contribution is -0.141. The van der Waals surface area contributed by atoms with Gasteiger partial charge in [-0.1, -0.05) is 6.92 Å². The van der Waals surface area contributed by atoms with Crippen LogP contribution in [-0.4, -0.2) is 50.1 Å². The average molecular weight is 332 g/mol. The van der Waals surface area contributed by atoms with E-state index in [1.54, 1.807) is 0 Å². The topological polar surface area (TPSA) is 104 Å². The lowest BCUT2D eigenvalue weighted by Gasteiger charge is -2.21. The lowest BCUT2D eigenvalue weighted by atomic mass is 10.1. The maximum absolute atomic E-state index is 13.4. The van der Waals surface area contributed by atoms with Gasteiger partial charge in [-0.15, -0.1) is 0 Å². The SMILES string of the molecule is CC(CN(C)C(=O)c1cc(F)ccc1NS(C)(=O)=O)C(=O)O. The Kier molecular flexibility index (Phi) is 5.48. The summed E-state index contributed by atoms with van der Waals surface area (Å²) in [6.45, 7) is 1.33. The van der Waals surface area contributed by atoms with Crippen LogP contribution in [0, 0.1) is 11.7 Å². The lowest BCUT2D eigenvalue weighted by Crippen LogP contribution is -2.34. The Bertz CT molecular complexity index is 690. The summed E-state index contributed by atoms with van der Waals surface area (Å²) in [6, 6.07) is 3.06. The quantitative estimate of drug-likeness (QED) is 0.808. The molecular formula is C13H17FN2O5S. The van der Waals surface area contributed by atoms with Crippen LogP contribution in [0.4, 0.5) is 10.1 Å². The Balaban J connectivity index is 3.10. The van der Waals surface area contributed by atoms with Crippen molar-refractivity contribution in [2.45, 2.75) is 6.92 Å². The second-order valence-electron chi connectivity index (χ2n) is 4.99. The molecule has 0 radical (unpaired) electrons. The first kappa shape index (κ1) is 17.9. The zero-order valence-corrected chi connectivity index (χ0v) is 13.1. The Morgan fingerprint density at radius 1 is 1.41 bits per heavy atom. The number of carboxylic acids is 1. The molecule has 9 heteroatoms. The van der Waals surface area contributed by atoms with Gasteiger partial charge in [0.05, 0.1) is 23.4 Å². The molecule has 1 aromatic rings. The van der Waals surface area contributed by atoms with Gasteiger partial charge in [-0.2, -0.15) is 0 Å². The van der Waals surface area contributed by atoms with Crippen molar-refractivity contribution in [2.75, 3.05) is 24.6 Å². The standard InChI is InChI=1S/C13H17FN2O5S/c1-8(13(18)19)7-16(2)12(17)10-6-9(14)4-5-11(10)15-22(3,20)21/h4-6,8,15H,7H2,1-3H3,(H,18,19). The Labute approximate surface area is 127 Å². The largest absolute Gasteiger partial charge is 0.481 e. The third kappa shape index (κ3) is 4.99. The highest BCUT2D eigenvalue weighted by atomic mass is 32.2. The molecule has 0 aliphatic rings. The molecule has 122 valence electrons. The number of nitrogens with zero attached hydrogens (tertiary/aromatic N) is 1. The number of amides is 1. The number of hydrogen-bond acceptors (Lipinski definition) is 4. The molecule has 0 aliphatic carbocycles. The smallest absolute Gasteiger partial charge is 0.308 e. The third-order valence-electron chi connectivity index (χ3n) is 2.82. The summed E-state index contributed by atoms with van der Waals surface area (Å²) >= 11 is 0. The van der Waals surface area contributed by atoms with E-state index in [2.05, 4.69) is 4.72 Å². The number of carbonyl (C=O) groups is 2. The molecule has 0 aromatic heterocycles. The van der Waals surface area contributed by atoms with Gasteiger partial charge in [0.1, 0.15) is 5.82 Å². The number of halogens is 1. The molecule has 7 nitrogen and oxygen atoms in total. The van der Waals surface area contributed by atoms with Gasteiger partial charge >= 0.3 is 5.97 Å². The maximum atomic E-state index is 13.4. The predicted molar refractivity (Wildman–Crippen MR) is 78.6 cm³/mol. The number of carbonyl (C=O) groups excluding carboxylic acids is 1. The summed E-state index contributed by atoms with van der Waals surface area (Å²) in [6.07, 6.45) is 0.904. The van der Waals surface area contributed by atoms with Crippen LogP contribution in [0.15, 0.2) is 18.2 Å². The van der Waals surface area contributed by atoms with Crippen molar-refractivity contribution < 1.29 is 27.5 Å². The van der Waals surface area contributed by atoms with Crippen molar-refractivity contribution >= 4 is 27.6 Å². The van der Waals surface area contributed by atoms with E-state index in [0.29, 0.717) is 0 Å². The number of benzene rings is 1. The molecule has 1 unspecified atom stereocenters. The highest BCUT2D eigenvalue weighted by Crippen LogP contribution is 2.20. The molecule has 0 fully saturated rings. The van der Waals surface area contributed by atoms with E-state index in [1.165, 1.54) is 14.0 Å². The van der Waals surface area contributed by atoms with Crippen molar-refractivity contribution in [1.29, 1.82) is 0 Å². The predicted octanol–water partition coefficient (Wildman–Crippen LogP) is 0.990. The van der Waals surface area contributed by atoms with Crippen LogP contribution in [0.25, 0.3) is 0 Å². The Hall–Kier alpha value is -2.16. The van der Waals surface area contributed by atoms with Crippen LogP contribution < -0.4 is 4.72 Å². The number of aliphatic carboxylic acids is 1. The molecule has 0 bridgehead atoms. The van der Waals surface area contributed by atoms with E-state index in [9.17, 15) is 22.4 Å². The highest BCUT2D eigenvalue weighted by Gasteiger charge is 2.22. The molecule has 0 saturated carbocycles. The number of nitrogens with one attached hydrogen (secondary N) is 1. The first-order chi connectivity index (χ1) is 10.0. The van der Waals surface area contributed by atoms with E-state index in [-0.39, 0.29) is 17.8 Å². The van der Waals surface area contributed by atoms with E-state index >= 15 is 0 Å². The van der Waals surface area contributed by atoms with Gasteiger partial charge in [0.15, 0.2) is 0 Å². The third-order valence-corrected chi connectivity index (χ3v) is 3.41. The van der Waals surface area contributed by atoms with Crippen LogP contribution in [-0.2, 0) is 14.8 Å². The molecule has 0 saturated heterocycles. The monoisotopic (exact) mass is 332 g/mol. The number of anilines is 1. The minimum absolute atomic E-state index is 0.0660. The van der Waals surface area contributed by atoms with Crippen LogP contribution in [0.5, 0.6) is 0 Å². The molecule has 1 amide bonds. The molecule has 1 atom stereocenters. The Morgan fingerprint density at radius 2 is 2.00 bits per heavy atom. The molecule has 0 spiro atoms. The van der Waals surface area contributed by atoms with E-state index < -0.39 is 33.6 Å². The summed E-state index contributed by atoms with van der Waals surface area (Å²) in [5.41, 5.74) is -0.255. The van der Waals surface area contributed by atoms with E-state index in [1.807, 2.05) is 0 Å². The summed E-state index contributed by atoms with van der Waals surface area (Å²) in [5, 5.41) is 8.85. The van der Waals surface area contributed by atoms with Crippen molar-refractivity contribution in [1.82, 2.24) is 4.90 Å². The minimum atomic E-state index is -3.65. The Morgan fingerprint density at radius 3 is 2.50 bits per heavy atom. The average Bonchev–Trinajstić information content (AvgIpc) is 2.38. The van der Waals surface area contributed by atoms with Gasteiger partial charge in [0.25, 0.3) is 5.91 Å². The fourth-order valence-corrected chi connectivity index (χ4v) is 2.34. The van der Waals surface area contributed by atoms with Gasteiger partial charge in [-0.25, -0.2) is 12.8 Å². The molecule has 22 heavy (non-hydrogen) atoms. The van der Waals surface area contributed by atoms with Crippen LogP contribution in [0.3, 0.4) is 0 Å². The number of rotatable bonds is 6. The van der Waals surface area contributed by atoms with Gasteiger partial charge in [0, 0.05) is 13.6 Å². The normalized spacial score (nSPS) is 12.5.